The van der Waals surface area contributed by atoms with E-state index >= 15 is 0 Å². The zero-order valence-corrected chi connectivity index (χ0v) is 10.8. The molecule has 0 aliphatic rings. The molecule has 1 N–H and O–H groups in total. The molecule has 0 atom stereocenters. The average Bonchev–Trinajstić information content (AvgIpc) is 2.37. The number of nitrogens with zero attached hydrogens (tertiary/aromatic N) is 2. The number of hydrogen-bond donors (Lipinski definition) is 1. The van der Waals surface area contributed by atoms with E-state index in [-0.39, 0.29) is 17.0 Å². The van der Waals surface area contributed by atoms with Crippen LogP contribution >= 0.6 is 0 Å². The number of amides is 1. The molecule has 0 saturated heterocycles. The monoisotopic (exact) mass is 263 g/mol. The molecule has 1 aromatic rings. The first-order valence-electron chi connectivity index (χ1n) is 5.37. The summed E-state index contributed by atoms with van der Waals surface area (Å²) >= 11 is 0. The number of nitriles is 1. The Morgan fingerprint density at radius 2 is 2.16 bits per heavy atom. The van der Waals surface area contributed by atoms with E-state index in [1.54, 1.807) is 13.8 Å². The van der Waals surface area contributed by atoms with Crippen molar-refractivity contribution in [3.8, 4) is 11.8 Å². The first-order chi connectivity index (χ1) is 8.80. The molecule has 0 aliphatic heterocycles. The highest BCUT2D eigenvalue weighted by molar-refractivity contribution is 5.97. The van der Waals surface area contributed by atoms with Crippen molar-refractivity contribution in [1.82, 2.24) is 5.32 Å². The van der Waals surface area contributed by atoms with Crippen LogP contribution in [0.15, 0.2) is 18.2 Å². The summed E-state index contributed by atoms with van der Waals surface area (Å²) in [6, 6.07) is 5.59. The Kier molecular flexibility index (Phi) is 4.07. The van der Waals surface area contributed by atoms with Crippen LogP contribution in [0.1, 0.15) is 24.2 Å². The van der Waals surface area contributed by atoms with Crippen LogP contribution in [0.2, 0.25) is 0 Å². The normalized spacial score (nSPS) is 10.4. The fourth-order valence-corrected chi connectivity index (χ4v) is 1.36. The zero-order valence-electron chi connectivity index (χ0n) is 10.8. The number of non-ortho nitro benzene ring substituents is 1. The van der Waals surface area contributed by atoms with Gasteiger partial charge in [-0.25, -0.2) is 0 Å². The minimum atomic E-state index is -1.04. The van der Waals surface area contributed by atoms with Gasteiger partial charge in [-0.2, -0.15) is 5.26 Å². The van der Waals surface area contributed by atoms with Crippen LogP contribution in [-0.2, 0) is 0 Å². The fraction of sp³-hybridized carbons (Fsp3) is 0.333. The van der Waals surface area contributed by atoms with E-state index < -0.39 is 16.4 Å². The third kappa shape index (κ3) is 3.42. The number of nitro benzene ring substituents is 1. The largest absolute Gasteiger partial charge is 0.496 e. The minimum absolute atomic E-state index is 0.0837. The molecule has 0 heterocycles. The number of nitrogens with one attached hydrogen (secondary N) is 1. The van der Waals surface area contributed by atoms with Crippen LogP contribution < -0.4 is 10.1 Å². The van der Waals surface area contributed by atoms with Crippen molar-refractivity contribution in [2.24, 2.45) is 0 Å². The summed E-state index contributed by atoms with van der Waals surface area (Å²) in [4.78, 5) is 22.0. The number of benzene rings is 1. The molecule has 0 radical (unpaired) electrons. The van der Waals surface area contributed by atoms with E-state index in [0.29, 0.717) is 0 Å². The molecule has 19 heavy (non-hydrogen) atoms. The zero-order chi connectivity index (χ0) is 14.6. The first-order valence-corrected chi connectivity index (χ1v) is 5.37. The van der Waals surface area contributed by atoms with Gasteiger partial charge in [0.15, 0.2) is 0 Å². The van der Waals surface area contributed by atoms with Gasteiger partial charge in [0.05, 0.1) is 29.7 Å². The Morgan fingerprint density at radius 1 is 1.53 bits per heavy atom. The third-order valence-corrected chi connectivity index (χ3v) is 2.35. The first kappa shape index (κ1) is 14.4. The van der Waals surface area contributed by atoms with Gasteiger partial charge in [0.1, 0.15) is 11.3 Å². The fourth-order valence-electron chi connectivity index (χ4n) is 1.36. The summed E-state index contributed by atoms with van der Waals surface area (Å²) < 4.78 is 4.96. The number of carbonyl (C=O) groups is 1. The number of rotatable bonds is 4. The van der Waals surface area contributed by atoms with Crippen LogP contribution in [0.4, 0.5) is 5.69 Å². The lowest BCUT2D eigenvalue weighted by molar-refractivity contribution is -0.384. The van der Waals surface area contributed by atoms with Crippen LogP contribution in [0.5, 0.6) is 5.75 Å². The van der Waals surface area contributed by atoms with E-state index in [1.807, 2.05) is 6.07 Å². The standard InChI is InChI=1S/C12H13N3O4/c1-12(2,7-13)14-11(16)9-5-4-8(15(17)18)6-10(9)19-3/h4-6H,1-3H3,(H,14,16). The Hall–Kier alpha value is -2.62. The van der Waals surface area contributed by atoms with Gasteiger partial charge in [0, 0.05) is 6.07 Å². The summed E-state index contributed by atoms with van der Waals surface area (Å²) in [6.07, 6.45) is 0. The van der Waals surface area contributed by atoms with Crippen molar-refractivity contribution in [2.75, 3.05) is 7.11 Å². The molecular formula is C12H13N3O4. The SMILES string of the molecule is COc1cc([N+](=O)[O-])ccc1C(=O)NC(C)(C)C#N. The second-order valence-corrected chi connectivity index (χ2v) is 4.33. The van der Waals surface area contributed by atoms with Gasteiger partial charge in [-0.1, -0.05) is 0 Å². The molecule has 0 saturated carbocycles. The highest BCUT2D eigenvalue weighted by Crippen LogP contribution is 2.24. The van der Waals surface area contributed by atoms with Crippen molar-refractivity contribution in [3.05, 3.63) is 33.9 Å². The Bertz CT molecular complexity index is 561. The van der Waals surface area contributed by atoms with Crippen LogP contribution in [-0.4, -0.2) is 23.5 Å². The van der Waals surface area contributed by atoms with Crippen LogP contribution in [0, 0.1) is 21.4 Å². The highest BCUT2D eigenvalue weighted by atomic mass is 16.6. The summed E-state index contributed by atoms with van der Waals surface area (Å²) in [7, 11) is 1.31. The molecule has 0 fully saturated rings. The molecule has 0 spiro atoms. The van der Waals surface area contributed by atoms with E-state index in [0.717, 1.165) is 6.07 Å². The maximum atomic E-state index is 12.0. The molecule has 100 valence electrons. The average molecular weight is 263 g/mol. The van der Waals surface area contributed by atoms with Crippen molar-refractivity contribution in [2.45, 2.75) is 19.4 Å². The predicted molar refractivity (Wildman–Crippen MR) is 66.8 cm³/mol. The molecule has 0 aliphatic carbocycles. The van der Waals surface area contributed by atoms with Crippen LogP contribution in [0.25, 0.3) is 0 Å². The summed E-state index contributed by atoms with van der Waals surface area (Å²) in [5.41, 5.74) is -1.08. The Labute approximate surface area is 109 Å². The number of hydrogen-bond acceptors (Lipinski definition) is 5. The van der Waals surface area contributed by atoms with Crippen LogP contribution in [0.3, 0.4) is 0 Å². The van der Waals surface area contributed by atoms with Gasteiger partial charge >= 0.3 is 0 Å². The van der Waals surface area contributed by atoms with E-state index in [2.05, 4.69) is 5.32 Å². The maximum Gasteiger partial charge on any atom is 0.273 e. The summed E-state index contributed by atoms with van der Waals surface area (Å²) in [6.45, 7) is 3.09. The molecule has 0 aromatic heterocycles. The molecule has 1 amide bonds. The lowest BCUT2D eigenvalue weighted by Crippen LogP contribution is -2.42. The molecule has 1 rings (SSSR count). The van der Waals surface area contributed by atoms with Crippen molar-refractivity contribution < 1.29 is 14.5 Å². The van der Waals surface area contributed by atoms with E-state index in [4.69, 9.17) is 10.00 Å². The maximum absolute atomic E-state index is 12.0. The van der Waals surface area contributed by atoms with Gasteiger partial charge < -0.3 is 10.1 Å². The number of carbonyl (C=O) groups excluding carboxylic acids is 1. The van der Waals surface area contributed by atoms with Gasteiger partial charge in [-0.15, -0.1) is 0 Å². The molecule has 7 heteroatoms. The Morgan fingerprint density at radius 3 is 2.63 bits per heavy atom. The minimum Gasteiger partial charge on any atom is -0.496 e. The summed E-state index contributed by atoms with van der Waals surface area (Å²) in [5.74, 6) is -0.446. The predicted octanol–water partition coefficient (Wildman–Crippen LogP) is 1.64. The van der Waals surface area contributed by atoms with Crippen molar-refractivity contribution >= 4 is 11.6 Å². The lowest BCUT2D eigenvalue weighted by atomic mass is 10.1. The van der Waals surface area contributed by atoms with Gasteiger partial charge in [0.2, 0.25) is 0 Å². The second-order valence-electron chi connectivity index (χ2n) is 4.33. The topological polar surface area (TPSA) is 105 Å². The molecule has 7 nitrogen and oxygen atoms in total. The quantitative estimate of drug-likeness (QED) is 0.656. The van der Waals surface area contributed by atoms with Crippen molar-refractivity contribution in [3.63, 3.8) is 0 Å². The smallest absolute Gasteiger partial charge is 0.273 e. The Balaban J connectivity index is 3.11. The van der Waals surface area contributed by atoms with Gasteiger partial charge in [0.25, 0.3) is 11.6 Å². The lowest BCUT2D eigenvalue weighted by Gasteiger charge is -2.18. The number of ether oxygens (including phenoxy) is 1. The summed E-state index contributed by atoms with van der Waals surface area (Å²) in [5, 5.41) is 22.0. The van der Waals surface area contributed by atoms with E-state index in [1.165, 1.54) is 19.2 Å². The second kappa shape index (κ2) is 5.35. The van der Waals surface area contributed by atoms with E-state index in [9.17, 15) is 14.9 Å². The molecule has 0 unspecified atom stereocenters. The number of methoxy groups -OCH3 is 1. The molecular weight excluding hydrogens is 250 g/mol. The molecule has 0 bridgehead atoms. The third-order valence-electron chi connectivity index (χ3n) is 2.35. The van der Waals surface area contributed by atoms with Gasteiger partial charge in [-0.3, -0.25) is 14.9 Å². The molecule has 1 aromatic carbocycles. The highest BCUT2D eigenvalue weighted by Gasteiger charge is 2.23. The van der Waals surface area contributed by atoms with Gasteiger partial charge in [-0.05, 0) is 19.9 Å². The van der Waals surface area contributed by atoms with Crippen molar-refractivity contribution in [1.29, 1.82) is 5.26 Å². The number of nitro groups is 1.